The lowest BCUT2D eigenvalue weighted by molar-refractivity contribution is 0.592. The van der Waals surface area contributed by atoms with Crippen molar-refractivity contribution >= 4 is 11.7 Å². The van der Waals surface area contributed by atoms with Crippen molar-refractivity contribution in [1.29, 1.82) is 0 Å². The van der Waals surface area contributed by atoms with Crippen LogP contribution in [0.2, 0.25) is 0 Å². The third kappa shape index (κ3) is 2.42. The van der Waals surface area contributed by atoms with Gasteiger partial charge in [0.2, 0.25) is 0 Å². The molecule has 1 aliphatic rings. The molecule has 3 nitrogen and oxygen atoms in total. The van der Waals surface area contributed by atoms with E-state index in [1.54, 1.807) is 6.20 Å². The number of nitrogens with one attached hydrogen (secondary N) is 1. The van der Waals surface area contributed by atoms with Gasteiger partial charge in [-0.1, -0.05) is 36.4 Å². The summed E-state index contributed by atoms with van der Waals surface area (Å²) in [7, 11) is 0. The zero-order valence-corrected chi connectivity index (χ0v) is 11.7. The third-order valence-corrected chi connectivity index (χ3v) is 3.91. The molecule has 0 fully saturated rings. The van der Waals surface area contributed by atoms with Crippen LogP contribution in [0.3, 0.4) is 0 Å². The fourth-order valence-corrected chi connectivity index (χ4v) is 2.84. The number of anilines is 2. The minimum absolute atomic E-state index is 0.534. The van der Waals surface area contributed by atoms with Crippen molar-refractivity contribution < 1.29 is 4.42 Å². The van der Waals surface area contributed by atoms with Crippen LogP contribution in [0.15, 0.2) is 59.1 Å². The molecule has 1 aromatic heterocycles. The third-order valence-electron chi connectivity index (χ3n) is 3.91. The number of hydrogen-bond donors (Lipinski definition) is 1. The normalized spacial score (nSPS) is 13.1. The van der Waals surface area contributed by atoms with E-state index in [-0.39, 0.29) is 0 Å². The van der Waals surface area contributed by atoms with Crippen LogP contribution in [0.4, 0.5) is 11.7 Å². The molecule has 0 atom stereocenters. The smallest absolute Gasteiger partial charge is 0.299 e. The van der Waals surface area contributed by atoms with Gasteiger partial charge in [0.15, 0.2) is 5.76 Å². The van der Waals surface area contributed by atoms with Crippen LogP contribution in [0.25, 0.3) is 11.3 Å². The van der Waals surface area contributed by atoms with Crippen LogP contribution in [0.1, 0.15) is 17.5 Å². The van der Waals surface area contributed by atoms with Crippen molar-refractivity contribution in [1.82, 2.24) is 4.98 Å². The number of oxazole rings is 1. The molecule has 104 valence electrons. The minimum atomic E-state index is 0.534. The molecule has 1 aliphatic carbocycles. The van der Waals surface area contributed by atoms with Crippen LogP contribution < -0.4 is 5.32 Å². The molecule has 3 heteroatoms. The molecule has 0 unspecified atom stereocenters. The molecule has 0 saturated heterocycles. The van der Waals surface area contributed by atoms with E-state index in [2.05, 4.69) is 28.5 Å². The number of benzene rings is 2. The van der Waals surface area contributed by atoms with Gasteiger partial charge in [-0.2, -0.15) is 0 Å². The highest BCUT2D eigenvalue weighted by molar-refractivity contribution is 5.60. The van der Waals surface area contributed by atoms with Gasteiger partial charge in [-0.3, -0.25) is 0 Å². The Labute approximate surface area is 123 Å². The number of aryl methyl sites for hydroxylation is 2. The van der Waals surface area contributed by atoms with Gasteiger partial charge in [-0.15, -0.1) is 0 Å². The van der Waals surface area contributed by atoms with Crippen LogP contribution in [-0.2, 0) is 12.8 Å². The van der Waals surface area contributed by atoms with E-state index >= 15 is 0 Å². The van der Waals surface area contributed by atoms with Crippen molar-refractivity contribution in [2.75, 3.05) is 5.32 Å². The molecular weight excluding hydrogens is 260 g/mol. The molecule has 4 rings (SSSR count). The first-order chi connectivity index (χ1) is 10.4. The number of rotatable bonds is 3. The van der Waals surface area contributed by atoms with E-state index < -0.39 is 0 Å². The van der Waals surface area contributed by atoms with E-state index in [4.69, 9.17) is 4.42 Å². The van der Waals surface area contributed by atoms with Crippen molar-refractivity contribution in [3.63, 3.8) is 0 Å². The Kier molecular flexibility index (Phi) is 2.96. The Morgan fingerprint density at radius 2 is 1.81 bits per heavy atom. The van der Waals surface area contributed by atoms with Gasteiger partial charge in [0.25, 0.3) is 6.01 Å². The molecule has 0 spiro atoms. The van der Waals surface area contributed by atoms with Gasteiger partial charge < -0.3 is 9.73 Å². The van der Waals surface area contributed by atoms with E-state index in [0.29, 0.717) is 6.01 Å². The number of nitrogens with zero attached hydrogens (tertiary/aromatic N) is 1. The SMILES string of the molecule is c1ccc(-c2cnc(Nc3ccc4c(c3)CCC4)o2)cc1. The Morgan fingerprint density at radius 3 is 2.71 bits per heavy atom. The second-order valence-electron chi connectivity index (χ2n) is 5.36. The lowest BCUT2D eigenvalue weighted by atomic mass is 10.1. The molecule has 0 saturated carbocycles. The van der Waals surface area contributed by atoms with Crippen molar-refractivity contribution in [3.05, 3.63) is 65.9 Å². The van der Waals surface area contributed by atoms with Gasteiger partial charge in [0.1, 0.15) is 0 Å². The standard InChI is InChI=1S/C18H16N2O/c1-2-5-14(6-3-1)17-12-19-18(21-17)20-16-10-9-13-7-4-8-15(13)11-16/h1-3,5-6,9-12H,4,7-8H2,(H,19,20). The van der Waals surface area contributed by atoms with E-state index in [9.17, 15) is 0 Å². The molecule has 2 aromatic carbocycles. The summed E-state index contributed by atoms with van der Waals surface area (Å²) >= 11 is 0. The largest absolute Gasteiger partial charge is 0.423 e. The van der Waals surface area contributed by atoms with E-state index in [1.807, 2.05) is 30.3 Å². The summed E-state index contributed by atoms with van der Waals surface area (Å²) in [5, 5.41) is 3.25. The predicted molar refractivity (Wildman–Crippen MR) is 83.7 cm³/mol. The Hall–Kier alpha value is -2.55. The first-order valence-corrected chi connectivity index (χ1v) is 7.28. The monoisotopic (exact) mass is 276 g/mol. The Balaban J connectivity index is 1.57. The van der Waals surface area contributed by atoms with Crippen molar-refractivity contribution in [2.24, 2.45) is 0 Å². The fraction of sp³-hybridized carbons (Fsp3) is 0.167. The summed E-state index contributed by atoms with van der Waals surface area (Å²) in [5.41, 5.74) is 4.98. The topological polar surface area (TPSA) is 38.1 Å². The zero-order valence-electron chi connectivity index (χ0n) is 11.7. The number of hydrogen-bond acceptors (Lipinski definition) is 3. The van der Waals surface area contributed by atoms with Crippen LogP contribution in [0, 0.1) is 0 Å². The van der Waals surface area contributed by atoms with Gasteiger partial charge in [-0.25, -0.2) is 4.98 Å². The minimum Gasteiger partial charge on any atom is -0.423 e. The van der Waals surface area contributed by atoms with Crippen molar-refractivity contribution in [3.8, 4) is 11.3 Å². The summed E-state index contributed by atoms with van der Waals surface area (Å²) in [5.74, 6) is 0.777. The number of aromatic nitrogens is 1. The maximum atomic E-state index is 5.77. The maximum absolute atomic E-state index is 5.77. The van der Waals surface area contributed by atoms with Crippen molar-refractivity contribution in [2.45, 2.75) is 19.3 Å². The second kappa shape index (κ2) is 5.09. The first-order valence-electron chi connectivity index (χ1n) is 7.28. The molecule has 1 N–H and O–H groups in total. The quantitative estimate of drug-likeness (QED) is 0.761. The number of fused-ring (bicyclic) bond motifs is 1. The molecule has 0 bridgehead atoms. The summed E-state index contributed by atoms with van der Waals surface area (Å²) in [6.45, 7) is 0. The zero-order chi connectivity index (χ0) is 14.1. The molecule has 21 heavy (non-hydrogen) atoms. The first kappa shape index (κ1) is 12.2. The molecule has 0 aliphatic heterocycles. The summed E-state index contributed by atoms with van der Waals surface area (Å²) < 4.78 is 5.77. The van der Waals surface area contributed by atoms with Crippen LogP contribution >= 0.6 is 0 Å². The molecule has 1 heterocycles. The van der Waals surface area contributed by atoms with Gasteiger partial charge in [0, 0.05) is 11.3 Å². The van der Waals surface area contributed by atoms with Gasteiger partial charge >= 0.3 is 0 Å². The van der Waals surface area contributed by atoms with Gasteiger partial charge in [-0.05, 0) is 42.5 Å². The fourth-order valence-electron chi connectivity index (χ4n) is 2.84. The van der Waals surface area contributed by atoms with Crippen LogP contribution in [0.5, 0.6) is 0 Å². The molecule has 0 radical (unpaired) electrons. The summed E-state index contributed by atoms with van der Waals surface area (Å²) in [6.07, 6.45) is 5.39. The lowest BCUT2D eigenvalue weighted by Crippen LogP contribution is -1.92. The summed E-state index contributed by atoms with van der Waals surface area (Å²) in [4.78, 5) is 4.30. The lowest BCUT2D eigenvalue weighted by Gasteiger charge is -2.05. The molecular formula is C18H16N2O. The highest BCUT2D eigenvalue weighted by Crippen LogP contribution is 2.28. The molecule has 3 aromatic rings. The van der Waals surface area contributed by atoms with E-state index in [0.717, 1.165) is 17.0 Å². The summed E-state index contributed by atoms with van der Waals surface area (Å²) in [6, 6.07) is 17.0. The maximum Gasteiger partial charge on any atom is 0.299 e. The second-order valence-corrected chi connectivity index (χ2v) is 5.36. The Bertz CT molecular complexity index is 762. The van der Waals surface area contributed by atoms with Gasteiger partial charge in [0.05, 0.1) is 6.20 Å². The average molecular weight is 276 g/mol. The molecule has 0 amide bonds. The highest BCUT2D eigenvalue weighted by Gasteiger charge is 2.12. The Morgan fingerprint density at radius 1 is 0.952 bits per heavy atom. The predicted octanol–water partition coefficient (Wildman–Crippen LogP) is 4.57. The van der Waals surface area contributed by atoms with E-state index in [1.165, 1.54) is 30.4 Å². The van der Waals surface area contributed by atoms with Crippen LogP contribution in [-0.4, -0.2) is 4.98 Å². The average Bonchev–Trinajstić information content (AvgIpc) is 3.17. The highest BCUT2D eigenvalue weighted by atomic mass is 16.4.